The number of hydrogen-bond acceptors (Lipinski definition) is 4. The fraction of sp³-hybridized carbons (Fsp3) is 0.217. The van der Waals surface area contributed by atoms with E-state index in [9.17, 15) is 14.7 Å². The summed E-state index contributed by atoms with van der Waals surface area (Å²) in [6.07, 6.45) is 0.285. The second kappa shape index (κ2) is 7.94. The van der Waals surface area contributed by atoms with Crippen LogP contribution in [0.2, 0.25) is 0 Å². The molecule has 1 atom stereocenters. The number of hydrogen-bond donors (Lipinski definition) is 0. The zero-order valence-corrected chi connectivity index (χ0v) is 16.6. The number of benzene rings is 2. The maximum absolute atomic E-state index is 13.4. The first-order valence-corrected chi connectivity index (χ1v) is 9.61. The molecule has 1 amide bonds. The molecule has 7 nitrogen and oxygen atoms in total. The summed E-state index contributed by atoms with van der Waals surface area (Å²) in [7, 11) is 1.28. The summed E-state index contributed by atoms with van der Waals surface area (Å²) >= 11 is 0. The van der Waals surface area contributed by atoms with Crippen LogP contribution in [0.25, 0.3) is 10.9 Å². The number of azo groups is 2. The van der Waals surface area contributed by atoms with Crippen LogP contribution >= 0.6 is 0 Å². The van der Waals surface area contributed by atoms with Gasteiger partial charge in [0, 0.05) is 29.5 Å². The topological polar surface area (TPSA) is 86.7 Å². The largest absolute Gasteiger partial charge is 0.855 e. The average Bonchev–Trinajstić information content (AvgIpc) is 3.24. The van der Waals surface area contributed by atoms with Crippen molar-refractivity contribution in [3.8, 4) is 5.88 Å². The lowest BCUT2D eigenvalue weighted by Gasteiger charge is -2.14. The van der Waals surface area contributed by atoms with Crippen LogP contribution in [0.5, 0.6) is 5.88 Å². The lowest BCUT2D eigenvalue weighted by Crippen LogP contribution is -2.21. The highest BCUT2D eigenvalue weighted by Gasteiger charge is 2.39. The number of esters is 1. The van der Waals surface area contributed by atoms with Crippen molar-refractivity contribution < 1.29 is 24.1 Å². The number of para-hydroxylation sites is 1. The predicted octanol–water partition coefficient (Wildman–Crippen LogP) is 3.28. The molecular formula is C23H21N3O4. The minimum Gasteiger partial charge on any atom is -0.855 e. The van der Waals surface area contributed by atoms with Crippen LogP contribution in [0.4, 0.5) is 5.69 Å². The normalized spacial score (nSPS) is 16.0. The first kappa shape index (κ1) is 19.6. The zero-order chi connectivity index (χ0) is 21.3. The number of amides is 1. The highest BCUT2D eigenvalue weighted by molar-refractivity contribution is 5.93. The summed E-state index contributed by atoms with van der Waals surface area (Å²) in [5.74, 6) is -1.10. The fourth-order valence-corrected chi connectivity index (χ4v) is 3.84. The molecule has 4 rings (SSSR count). The Labute approximate surface area is 173 Å². The van der Waals surface area contributed by atoms with Crippen molar-refractivity contribution in [2.45, 2.75) is 25.4 Å². The minimum atomic E-state index is -0.539. The number of carbonyl (C=O) groups is 2. The summed E-state index contributed by atoms with van der Waals surface area (Å²) in [5, 5.41) is 18.3. The second-order valence-corrected chi connectivity index (χ2v) is 7.24. The standard InChI is InChI=1S/C23H21N3O4/c1-15(23(29)30-2)12-17-13-20(27)24-26(17)21-18-10-6-7-11-19(18)25(22(21)28)14-16-8-4-3-5-9-16/h3-11,17H,1,12-14H2,2H3/t17-/m1/s1. The predicted molar refractivity (Wildman–Crippen MR) is 108 cm³/mol. The van der Waals surface area contributed by atoms with E-state index in [0.717, 1.165) is 11.1 Å². The highest BCUT2D eigenvalue weighted by Crippen LogP contribution is 2.40. The number of carbonyl (C=O) groups excluding carboxylic acids is 2. The zero-order valence-electron chi connectivity index (χ0n) is 16.6. The average molecular weight is 403 g/mol. The third-order valence-corrected chi connectivity index (χ3v) is 5.24. The Kier molecular flexibility index (Phi) is 5.18. The summed E-state index contributed by atoms with van der Waals surface area (Å²) in [4.78, 5) is 23.9. The fourth-order valence-electron chi connectivity index (χ4n) is 3.84. The first-order valence-electron chi connectivity index (χ1n) is 9.61. The van der Waals surface area contributed by atoms with Gasteiger partial charge in [-0.3, -0.25) is 4.79 Å². The van der Waals surface area contributed by atoms with Gasteiger partial charge in [0.15, 0.2) is 6.04 Å². The molecule has 1 aliphatic heterocycles. The Morgan fingerprint density at radius 2 is 1.93 bits per heavy atom. The summed E-state index contributed by atoms with van der Waals surface area (Å²) < 4.78 is 7.86. The molecule has 2 aromatic carbocycles. The van der Waals surface area contributed by atoms with Crippen LogP contribution in [-0.4, -0.2) is 34.3 Å². The van der Waals surface area contributed by atoms with E-state index in [2.05, 4.69) is 11.7 Å². The van der Waals surface area contributed by atoms with Gasteiger partial charge >= 0.3 is 11.9 Å². The van der Waals surface area contributed by atoms with E-state index in [-0.39, 0.29) is 30.2 Å². The molecule has 2 heterocycles. The van der Waals surface area contributed by atoms with Gasteiger partial charge in [0.25, 0.3) is 0 Å². The molecule has 7 heteroatoms. The highest BCUT2D eigenvalue weighted by atomic mass is 16.5. The number of ether oxygens (including phenoxy) is 1. The molecular weight excluding hydrogens is 382 g/mol. The van der Waals surface area contributed by atoms with Crippen molar-refractivity contribution >= 4 is 28.5 Å². The Morgan fingerprint density at radius 3 is 2.67 bits per heavy atom. The third-order valence-electron chi connectivity index (χ3n) is 5.24. The Balaban J connectivity index is 1.79. The van der Waals surface area contributed by atoms with Gasteiger partial charge in [-0.1, -0.05) is 53.7 Å². The van der Waals surface area contributed by atoms with Gasteiger partial charge in [0.1, 0.15) is 0 Å². The number of nitrogens with zero attached hydrogens (tertiary/aromatic N) is 3. The molecule has 152 valence electrons. The van der Waals surface area contributed by atoms with Gasteiger partial charge in [-0.05, 0) is 17.7 Å². The molecule has 0 saturated carbocycles. The van der Waals surface area contributed by atoms with Gasteiger partial charge in [-0.2, -0.15) is 0 Å². The van der Waals surface area contributed by atoms with Crippen molar-refractivity contribution in [2.24, 2.45) is 5.11 Å². The minimum absolute atomic E-state index is 0.105. The van der Waals surface area contributed by atoms with Crippen LogP contribution in [0, 0.1) is 0 Å². The SMILES string of the molecule is C=C(C[C@@H]1CC(=O)N=[N+]1c1c([O-])n(Cc2ccccc2)c2ccccc12)C(=O)OC. The van der Waals surface area contributed by atoms with E-state index in [1.165, 1.54) is 11.8 Å². The van der Waals surface area contributed by atoms with Crippen molar-refractivity contribution in [1.29, 1.82) is 0 Å². The monoisotopic (exact) mass is 403 g/mol. The molecule has 0 fully saturated rings. The lowest BCUT2D eigenvalue weighted by atomic mass is 10.0. The maximum Gasteiger partial charge on any atom is 0.333 e. The van der Waals surface area contributed by atoms with E-state index >= 15 is 0 Å². The van der Waals surface area contributed by atoms with Crippen LogP contribution in [-0.2, 0) is 20.9 Å². The van der Waals surface area contributed by atoms with Gasteiger partial charge in [0.2, 0.25) is 5.69 Å². The van der Waals surface area contributed by atoms with Gasteiger partial charge in [0.05, 0.1) is 24.4 Å². The Bertz CT molecular complexity index is 1180. The smallest absolute Gasteiger partial charge is 0.333 e. The number of methoxy groups -OCH3 is 1. The van der Waals surface area contributed by atoms with E-state index in [4.69, 9.17) is 4.74 Å². The van der Waals surface area contributed by atoms with Crippen LogP contribution in [0.1, 0.15) is 18.4 Å². The second-order valence-electron chi connectivity index (χ2n) is 7.24. The Hall–Kier alpha value is -3.74. The first-order chi connectivity index (χ1) is 14.5. The van der Waals surface area contributed by atoms with Crippen molar-refractivity contribution in [3.63, 3.8) is 0 Å². The number of rotatable bonds is 6. The van der Waals surface area contributed by atoms with Gasteiger partial charge in [-0.15, -0.1) is 0 Å². The van der Waals surface area contributed by atoms with Crippen molar-refractivity contribution in [3.05, 3.63) is 72.3 Å². The van der Waals surface area contributed by atoms with E-state index in [0.29, 0.717) is 17.6 Å². The Morgan fingerprint density at radius 1 is 1.23 bits per heavy atom. The van der Waals surface area contributed by atoms with E-state index in [1.54, 1.807) is 4.57 Å². The van der Waals surface area contributed by atoms with Crippen LogP contribution in [0.15, 0.2) is 71.9 Å². The molecule has 1 aromatic heterocycles. The summed E-state index contributed by atoms with van der Waals surface area (Å²) in [6, 6.07) is 16.7. The number of aromatic nitrogens is 1. The molecule has 0 aliphatic carbocycles. The molecule has 1 aliphatic rings. The van der Waals surface area contributed by atoms with Crippen LogP contribution < -0.4 is 5.11 Å². The van der Waals surface area contributed by atoms with Crippen LogP contribution in [0.3, 0.4) is 0 Å². The quantitative estimate of drug-likeness (QED) is 0.359. The molecule has 0 N–H and O–H groups in total. The number of fused-ring (bicyclic) bond motifs is 1. The van der Waals surface area contributed by atoms with Crippen molar-refractivity contribution in [1.82, 2.24) is 4.57 Å². The maximum atomic E-state index is 13.4. The molecule has 0 unspecified atom stereocenters. The molecule has 0 spiro atoms. The summed E-state index contributed by atoms with van der Waals surface area (Å²) in [5.41, 5.74) is 2.33. The van der Waals surface area contributed by atoms with Gasteiger partial charge < -0.3 is 14.4 Å². The molecule has 0 radical (unpaired) electrons. The van der Waals surface area contributed by atoms with E-state index in [1.807, 2.05) is 54.6 Å². The molecule has 0 bridgehead atoms. The lowest BCUT2D eigenvalue weighted by molar-refractivity contribution is -0.538. The molecule has 0 saturated heterocycles. The molecule has 30 heavy (non-hydrogen) atoms. The van der Waals surface area contributed by atoms with Gasteiger partial charge in [-0.25, -0.2) is 4.79 Å². The van der Waals surface area contributed by atoms with E-state index < -0.39 is 12.0 Å². The third kappa shape index (κ3) is 3.50. The summed E-state index contributed by atoms with van der Waals surface area (Å²) in [6.45, 7) is 4.15. The van der Waals surface area contributed by atoms with Crippen molar-refractivity contribution in [2.75, 3.05) is 7.11 Å². The molecule has 3 aromatic rings.